The molecule has 1 unspecified atom stereocenters. The maximum atomic E-state index is 12.2. The molecule has 0 spiro atoms. The third kappa shape index (κ3) is 2.09. The molecule has 5 heteroatoms. The second-order valence-corrected chi connectivity index (χ2v) is 5.95. The van der Waals surface area contributed by atoms with Crippen molar-refractivity contribution < 1.29 is 9.59 Å². The molecule has 2 aromatic rings. The van der Waals surface area contributed by atoms with Crippen LogP contribution in [0.15, 0.2) is 35.3 Å². The Balaban J connectivity index is 2.18. The van der Waals surface area contributed by atoms with Gasteiger partial charge < -0.3 is 5.32 Å². The summed E-state index contributed by atoms with van der Waals surface area (Å²) in [5.41, 5.74) is 0.776. The zero-order valence-corrected chi connectivity index (χ0v) is 12.8. The average Bonchev–Trinajstić information content (AvgIpc) is 2.82. The molecule has 1 aromatic carbocycles. The highest BCUT2D eigenvalue weighted by molar-refractivity contribution is 6.17. The summed E-state index contributed by atoms with van der Waals surface area (Å²) in [5.74, 6) is 0.253. The summed E-state index contributed by atoms with van der Waals surface area (Å²) in [5, 5.41) is 3.65. The second-order valence-electron chi connectivity index (χ2n) is 5.95. The van der Waals surface area contributed by atoms with Crippen LogP contribution in [0.25, 0.3) is 10.9 Å². The Morgan fingerprint density at radius 2 is 2.00 bits per heavy atom. The molecule has 1 atom stereocenters. The van der Waals surface area contributed by atoms with Crippen molar-refractivity contribution in [1.82, 2.24) is 10.3 Å². The molecule has 3 rings (SSSR count). The summed E-state index contributed by atoms with van der Waals surface area (Å²) in [6.45, 7) is 5.68. The van der Waals surface area contributed by atoms with Crippen molar-refractivity contribution in [3.8, 4) is 0 Å². The Kier molecular flexibility index (Phi) is 3.28. The predicted molar refractivity (Wildman–Crippen MR) is 85.1 cm³/mol. The predicted octanol–water partition coefficient (Wildman–Crippen LogP) is 2.34. The van der Waals surface area contributed by atoms with E-state index in [1.54, 1.807) is 13.0 Å². The summed E-state index contributed by atoms with van der Waals surface area (Å²) in [6.07, 6.45) is 0.745. The lowest BCUT2D eigenvalue weighted by atomic mass is 9.89. The van der Waals surface area contributed by atoms with Gasteiger partial charge in [-0.15, -0.1) is 0 Å². The zero-order valence-electron chi connectivity index (χ0n) is 12.8. The maximum Gasteiger partial charge on any atom is 0.253 e. The SMILES string of the molecule is CC(C)C1(C)N=C(c2nc3ccccc3cc2C=O)NC1=O. The molecule has 112 valence electrons. The fourth-order valence-corrected chi connectivity index (χ4v) is 2.46. The van der Waals surface area contributed by atoms with Crippen LogP contribution in [-0.4, -0.2) is 28.6 Å². The number of rotatable bonds is 3. The molecule has 0 fully saturated rings. The van der Waals surface area contributed by atoms with Gasteiger partial charge in [-0.25, -0.2) is 9.98 Å². The number of amidine groups is 1. The van der Waals surface area contributed by atoms with Crippen LogP contribution in [0.4, 0.5) is 0 Å². The number of para-hydroxylation sites is 1. The molecule has 0 saturated carbocycles. The van der Waals surface area contributed by atoms with E-state index >= 15 is 0 Å². The first kappa shape index (κ1) is 14.4. The van der Waals surface area contributed by atoms with Gasteiger partial charge in [-0.1, -0.05) is 32.0 Å². The van der Waals surface area contributed by atoms with Crippen LogP contribution in [0.3, 0.4) is 0 Å². The van der Waals surface area contributed by atoms with Gasteiger partial charge in [0.15, 0.2) is 12.1 Å². The van der Waals surface area contributed by atoms with Crippen molar-refractivity contribution in [2.24, 2.45) is 10.9 Å². The first-order valence-corrected chi connectivity index (χ1v) is 7.22. The molecule has 0 radical (unpaired) electrons. The van der Waals surface area contributed by atoms with Crippen molar-refractivity contribution in [1.29, 1.82) is 0 Å². The maximum absolute atomic E-state index is 12.2. The summed E-state index contributed by atoms with van der Waals surface area (Å²) in [6, 6.07) is 9.30. The van der Waals surface area contributed by atoms with Gasteiger partial charge in [0.05, 0.1) is 5.52 Å². The van der Waals surface area contributed by atoms with Gasteiger partial charge in [0, 0.05) is 10.9 Å². The number of amides is 1. The van der Waals surface area contributed by atoms with E-state index in [0.29, 0.717) is 17.1 Å². The lowest BCUT2D eigenvalue weighted by Crippen LogP contribution is -2.41. The highest BCUT2D eigenvalue weighted by Gasteiger charge is 2.42. The lowest BCUT2D eigenvalue weighted by molar-refractivity contribution is -0.124. The lowest BCUT2D eigenvalue weighted by Gasteiger charge is -2.21. The molecule has 0 aliphatic carbocycles. The molecule has 1 aromatic heterocycles. The number of fused-ring (bicyclic) bond motifs is 1. The molecule has 2 heterocycles. The number of carbonyl (C=O) groups excluding carboxylic acids is 2. The zero-order chi connectivity index (χ0) is 15.9. The number of hydrogen-bond acceptors (Lipinski definition) is 4. The van der Waals surface area contributed by atoms with Gasteiger partial charge in [-0.05, 0) is 25.0 Å². The van der Waals surface area contributed by atoms with E-state index < -0.39 is 5.54 Å². The van der Waals surface area contributed by atoms with Crippen LogP contribution in [0, 0.1) is 5.92 Å². The standard InChI is InChI=1S/C17H17N3O2/c1-10(2)17(3)16(22)19-15(20-17)14-12(9-21)8-11-6-4-5-7-13(11)18-14/h4-10H,1-3H3,(H,19,20,22). The Morgan fingerprint density at radius 3 is 2.64 bits per heavy atom. The summed E-state index contributed by atoms with van der Waals surface area (Å²) >= 11 is 0. The first-order chi connectivity index (χ1) is 10.5. The number of carbonyl (C=O) groups is 2. The minimum atomic E-state index is -0.831. The van der Waals surface area contributed by atoms with Gasteiger partial charge in [-0.3, -0.25) is 9.59 Å². The number of aromatic nitrogens is 1. The second kappa shape index (κ2) is 5.02. The van der Waals surface area contributed by atoms with E-state index in [1.165, 1.54) is 0 Å². The van der Waals surface area contributed by atoms with E-state index in [0.717, 1.165) is 17.2 Å². The van der Waals surface area contributed by atoms with Crippen LogP contribution >= 0.6 is 0 Å². The van der Waals surface area contributed by atoms with Gasteiger partial charge >= 0.3 is 0 Å². The number of hydrogen-bond donors (Lipinski definition) is 1. The number of nitrogens with zero attached hydrogens (tertiary/aromatic N) is 2. The molecule has 5 nitrogen and oxygen atoms in total. The first-order valence-electron chi connectivity index (χ1n) is 7.22. The molecular formula is C17H17N3O2. The largest absolute Gasteiger partial charge is 0.307 e. The number of aliphatic imine (C=N–C) groups is 1. The number of pyridine rings is 1. The molecule has 1 N–H and O–H groups in total. The highest BCUT2D eigenvalue weighted by Crippen LogP contribution is 2.27. The van der Waals surface area contributed by atoms with Gasteiger partial charge in [0.25, 0.3) is 5.91 Å². The highest BCUT2D eigenvalue weighted by atomic mass is 16.2. The van der Waals surface area contributed by atoms with Gasteiger partial charge in [0.2, 0.25) is 0 Å². The molecule has 0 saturated heterocycles. The Morgan fingerprint density at radius 1 is 1.27 bits per heavy atom. The van der Waals surface area contributed by atoms with Gasteiger partial charge in [-0.2, -0.15) is 0 Å². The monoisotopic (exact) mass is 295 g/mol. The molecular weight excluding hydrogens is 278 g/mol. The van der Waals surface area contributed by atoms with E-state index in [2.05, 4.69) is 15.3 Å². The van der Waals surface area contributed by atoms with Crippen LogP contribution in [-0.2, 0) is 4.79 Å². The molecule has 1 amide bonds. The minimum Gasteiger partial charge on any atom is -0.307 e. The van der Waals surface area contributed by atoms with E-state index in [1.807, 2.05) is 38.1 Å². The van der Waals surface area contributed by atoms with Crippen LogP contribution < -0.4 is 5.32 Å². The third-order valence-electron chi connectivity index (χ3n) is 4.26. The van der Waals surface area contributed by atoms with Crippen molar-refractivity contribution in [2.75, 3.05) is 0 Å². The van der Waals surface area contributed by atoms with Crippen molar-refractivity contribution in [2.45, 2.75) is 26.3 Å². The Labute approximate surface area is 128 Å². The van der Waals surface area contributed by atoms with E-state index in [9.17, 15) is 9.59 Å². The summed E-state index contributed by atoms with van der Waals surface area (Å²) in [4.78, 5) is 32.7. The average molecular weight is 295 g/mol. The molecule has 1 aliphatic heterocycles. The topological polar surface area (TPSA) is 71.4 Å². The number of aldehydes is 1. The van der Waals surface area contributed by atoms with Gasteiger partial charge in [0.1, 0.15) is 11.2 Å². The quantitative estimate of drug-likeness (QED) is 0.883. The van der Waals surface area contributed by atoms with Crippen LogP contribution in [0.5, 0.6) is 0 Å². The molecule has 1 aliphatic rings. The van der Waals surface area contributed by atoms with Crippen molar-refractivity contribution in [3.63, 3.8) is 0 Å². The number of benzene rings is 1. The van der Waals surface area contributed by atoms with E-state index in [4.69, 9.17) is 0 Å². The van der Waals surface area contributed by atoms with Crippen LogP contribution in [0.2, 0.25) is 0 Å². The summed E-state index contributed by atoms with van der Waals surface area (Å²) in [7, 11) is 0. The molecule has 22 heavy (non-hydrogen) atoms. The normalized spacial score (nSPS) is 21.1. The van der Waals surface area contributed by atoms with Crippen LogP contribution in [0.1, 0.15) is 36.8 Å². The third-order valence-corrected chi connectivity index (χ3v) is 4.26. The fraction of sp³-hybridized carbons (Fsp3) is 0.294. The van der Waals surface area contributed by atoms with E-state index in [-0.39, 0.29) is 11.8 Å². The van der Waals surface area contributed by atoms with Crippen molar-refractivity contribution in [3.05, 3.63) is 41.6 Å². The Hall–Kier alpha value is -2.56. The smallest absolute Gasteiger partial charge is 0.253 e. The van der Waals surface area contributed by atoms with Crippen molar-refractivity contribution >= 4 is 28.9 Å². The fourth-order valence-electron chi connectivity index (χ4n) is 2.46. The number of nitrogens with one attached hydrogen (secondary N) is 1. The Bertz CT molecular complexity index is 811. The minimum absolute atomic E-state index is 0.0464. The molecule has 0 bridgehead atoms. The summed E-state index contributed by atoms with van der Waals surface area (Å²) < 4.78 is 0.